The van der Waals surface area contributed by atoms with Crippen LogP contribution in [0.25, 0.3) is 0 Å². The number of hydrogen-bond donors (Lipinski definition) is 11. The maximum absolute atomic E-state index is 12.3. The highest BCUT2D eigenvalue weighted by molar-refractivity contribution is 8.00. The minimum Gasteiger partial charge on any atom is -0.481 e. The number of aliphatic carboxylic acids is 6. The highest BCUT2D eigenvalue weighted by Gasteiger charge is 2.63. The van der Waals surface area contributed by atoms with E-state index in [1.165, 1.54) is 16.7 Å². The molecule has 89 heavy (non-hydrogen) atoms. The summed E-state index contributed by atoms with van der Waals surface area (Å²) in [6.07, 6.45) is 1.91. The van der Waals surface area contributed by atoms with Gasteiger partial charge in [-0.25, -0.2) is 0 Å². The van der Waals surface area contributed by atoms with Crippen LogP contribution in [-0.4, -0.2) is 220 Å². The summed E-state index contributed by atoms with van der Waals surface area (Å²) in [5.74, 6) is -15.2. The second-order valence-electron chi connectivity index (χ2n) is 26.1. The molecule has 0 amide bonds. The third kappa shape index (κ3) is 23.9. The van der Waals surface area contributed by atoms with E-state index in [9.17, 15) is 88.5 Å². The molecular formula is C60H99N3O25S. The molecule has 2 aliphatic heterocycles. The number of aliphatic hydroxyl groups excluding tert-OH is 4. The number of nitrogens with one attached hydrogen (secondary N) is 1. The van der Waals surface area contributed by atoms with Gasteiger partial charge in [0.2, 0.25) is 0 Å². The number of likely N-dealkylation sites (tertiary alicyclic amines) is 1. The van der Waals surface area contributed by atoms with E-state index in [2.05, 4.69) is 5.32 Å². The molecule has 5 aliphatic rings. The number of Topliss-reactive ketones (excluding diaryl/α,β-unsaturated/α-hetero) is 1. The third-order valence-corrected chi connectivity index (χ3v) is 19.1. The van der Waals surface area contributed by atoms with Crippen LogP contribution in [0.4, 0.5) is 0 Å². The summed E-state index contributed by atoms with van der Waals surface area (Å²) >= 11 is 1.26. The zero-order valence-electron chi connectivity index (χ0n) is 53.4. The summed E-state index contributed by atoms with van der Waals surface area (Å²) in [6.45, 7) is 22.2. The Morgan fingerprint density at radius 3 is 1.29 bits per heavy atom. The lowest BCUT2D eigenvalue weighted by molar-refractivity contribution is -0.186. The van der Waals surface area contributed by atoms with Gasteiger partial charge in [0.15, 0.2) is 0 Å². The van der Waals surface area contributed by atoms with Gasteiger partial charge in [-0.05, 0) is 131 Å². The Bertz CT molecular complexity index is 2410. The summed E-state index contributed by atoms with van der Waals surface area (Å²) in [5, 5.41) is 96.9. The van der Waals surface area contributed by atoms with Gasteiger partial charge in [-0.3, -0.25) is 62.5 Å². The Kier molecular flexibility index (Phi) is 31.6. The van der Waals surface area contributed by atoms with Gasteiger partial charge in [0.1, 0.15) is 62.1 Å². The van der Waals surface area contributed by atoms with Gasteiger partial charge in [-0.2, -0.15) is 0 Å². The van der Waals surface area contributed by atoms with Crippen LogP contribution in [0, 0.1) is 63.1 Å². The zero-order chi connectivity index (χ0) is 68.3. The number of aliphatic hydroxyl groups is 4. The van der Waals surface area contributed by atoms with Gasteiger partial charge < -0.3 is 75.3 Å². The first-order valence-corrected chi connectivity index (χ1v) is 31.4. The van der Waals surface area contributed by atoms with Gasteiger partial charge >= 0.3 is 59.7 Å². The van der Waals surface area contributed by atoms with Crippen LogP contribution in [0.15, 0.2) is 0 Å². The third-order valence-electron chi connectivity index (χ3n) is 17.9. The number of esters is 4. The molecule has 3 aliphatic carbocycles. The van der Waals surface area contributed by atoms with Crippen molar-refractivity contribution in [3.05, 3.63) is 0 Å². The monoisotopic (exact) mass is 1290 g/mol. The van der Waals surface area contributed by atoms with Crippen LogP contribution in [0.1, 0.15) is 154 Å². The second kappa shape index (κ2) is 35.3. The molecule has 2 heterocycles. The first kappa shape index (κ1) is 79.5. The van der Waals surface area contributed by atoms with Crippen molar-refractivity contribution in [2.75, 3.05) is 51.9 Å². The van der Waals surface area contributed by atoms with Crippen LogP contribution in [-0.2, 0) is 71.7 Å². The molecule has 10 unspecified atom stereocenters. The fraction of sp³-hybridized carbons (Fsp3) is 0.817. The molecule has 5 fully saturated rings. The molecule has 0 bridgehead atoms. The molecule has 10 atom stereocenters. The van der Waals surface area contributed by atoms with Gasteiger partial charge in [0, 0.05) is 43.9 Å². The van der Waals surface area contributed by atoms with Crippen LogP contribution < -0.4 is 5.32 Å². The predicted octanol–water partition coefficient (Wildman–Crippen LogP) is 3.40. The number of carboxylic acids is 6. The van der Waals surface area contributed by atoms with Gasteiger partial charge in [-0.15, -0.1) is 11.8 Å². The van der Waals surface area contributed by atoms with E-state index in [0.717, 1.165) is 19.3 Å². The molecule has 11 N–H and O–H groups in total. The van der Waals surface area contributed by atoms with Crippen LogP contribution in [0.2, 0.25) is 0 Å². The molecule has 0 spiro atoms. The largest absolute Gasteiger partial charge is 0.481 e. The van der Waals surface area contributed by atoms with E-state index < -0.39 is 129 Å². The Morgan fingerprint density at radius 1 is 0.506 bits per heavy atom. The number of ketones is 1. The first-order valence-electron chi connectivity index (χ1n) is 30.3. The predicted molar refractivity (Wildman–Crippen MR) is 317 cm³/mol. The van der Waals surface area contributed by atoms with E-state index >= 15 is 0 Å². The van der Waals surface area contributed by atoms with E-state index in [4.69, 9.17) is 34.3 Å². The smallest absolute Gasteiger partial charge is 0.321 e. The van der Waals surface area contributed by atoms with E-state index in [-0.39, 0.29) is 81.6 Å². The van der Waals surface area contributed by atoms with Crippen molar-refractivity contribution in [1.82, 2.24) is 15.1 Å². The molecule has 0 aromatic rings. The standard InChI is InChI=1S/C18H26O10.C16H29NO5.C14H23NO5.C12H21NO5S/c1-4-18(2,3)17(27)28-7-8(19)5-6-9(20)10-11(14(21)22)13(16(25)26)12(10)15(23)24;1-4-16(2,3)15(21)22-10-13(18)9-17-12-7-5-11(6-8-12)14(19)20;1-4-14(2,3)13(19)20-7-10(16)15-6-8-5-9(8)11(15)12(17)18;1-4-12(2,3)11(17)18-6-9(14)13-5-8(10(15)16)19-7-13/h8,10-13,19H,4-7H2,1-3H3,(H,21,22)(H,23,24)(H,25,26);11-13,17-18H,4-10H2,1-3H3,(H,19,20);8-11,16H,4-7H2,1-3H3,(H,17,18);8-9,14H,4-7H2,1-3H3,(H,15,16). The summed E-state index contributed by atoms with van der Waals surface area (Å²) in [4.78, 5) is 129. The average Bonchev–Trinajstić information content (AvgIpc) is 1.65. The summed E-state index contributed by atoms with van der Waals surface area (Å²) in [7, 11) is 0. The number of carbonyl (C=O) groups excluding carboxylic acids is 5. The molecule has 2 saturated heterocycles. The van der Waals surface area contributed by atoms with Crippen molar-refractivity contribution in [3.63, 3.8) is 0 Å². The maximum atomic E-state index is 12.3. The summed E-state index contributed by atoms with van der Waals surface area (Å²) < 4.78 is 20.3. The molecule has 0 radical (unpaired) electrons. The number of nitrogens with zero attached hydrogens (tertiary/aromatic N) is 2. The highest BCUT2D eigenvalue weighted by Crippen LogP contribution is 2.50. The fourth-order valence-electron chi connectivity index (χ4n) is 9.73. The average molecular weight is 1290 g/mol. The summed E-state index contributed by atoms with van der Waals surface area (Å²) in [6, 6.07) is -0.416. The number of ether oxygens (including phenoxy) is 4. The Balaban J connectivity index is 0.000000409. The number of thioether (sulfide) groups is 1. The maximum Gasteiger partial charge on any atom is 0.321 e. The van der Waals surface area contributed by atoms with E-state index in [1.54, 1.807) is 53.4 Å². The Morgan fingerprint density at radius 2 is 0.910 bits per heavy atom. The Labute approximate surface area is 524 Å². The van der Waals surface area contributed by atoms with Crippen molar-refractivity contribution in [3.8, 4) is 0 Å². The van der Waals surface area contributed by atoms with Gasteiger partial charge in [0.25, 0.3) is 0 Å². The van der Waals surface area contributed by atoms with Crippen molar-refractivity contribution >= 4 is 77.2 Å². The number of rotatable bonds is 31. The van der Waals surface area contributed by atoms with Crippen molar-refractivity contribution in [1.29, 1.82) is 0 Å². The number of carbonyl (C=O) groups is 11. The molecular weight excluding hydrogens is 1190 g/mol. The fourth-order valence-corrected chi connectivity index (χ4v) is 10.8. The lowest BCUT2D eigenvalue weighted by Crippen LogP contribution is -2.59. The SMILES string of the molecule is CCC(C)(C)C(=O)OCC(O)CCC(=O)C1C(C(=O)O)C(C(=O)O)C1C(=O)O.CCC(C)(C)C(=O)OCC(O)CNC1CCC(C(=O)O)CC1.CCC(C)(C)C(=O)OCC(O)N1CC2CC2C1C(=O)O.CCC(C)(C)C(=O)OCC(O)N1CSC(C(=O)O)C1. The molecule has 3 saturated carbocycles. The topological polar surface area (TPSA) is 446 Å². The highest BCUT2D eigenvalue weighted by atomic mass is 32.2. The van der Waals surface area contributed by atoms with Crippen LogP contribution in [0.5, 0.6) is 0 Å². The molecule has 28 nitrogen and oxygen atoms in total. The lowest BCUT2D eigenvalue weighted by atomic mass is 9.54. The normalized spacial score (nSPS) is 25.5. The van der Waals surface area contributed by atoms with Crippen molar-refractivity contribution in [2.24, 2.45) is 63.1 Å². The van der Waals surface area contributed by atoms with Gasteiger partial charge in [-0.1, -0.05) is 27.7 Å². The molecule has 5 rings (SSSR count). The first-order chi connectivity index (χ1) is 41.2. The molecule has 0 aromatic heterocycles. The van der Waals surface area contributed by atoms with E-state index in [1.807, 2.05) is 34.6 Å². The minimum atomic E-state index is -1.69. The molecule has 510 valence electrons. The Hall–Kier alpha value is -5.56. The quantitative estimate of drug-likeness (QED) is 0.0350. The molecule has 29 heteroatoms. The number of hydrogen-bond acceptors (Lipinski definition) is 23. The summed E-state index contributed by atoms with van der Waals surface area (Å²) in [5.41, 5.74) is -2.40. The van der Waals surface area contributed by atoms with Gasteiger partial charge in [0.05, 0.1) is 51.4 Å². The van der Waals surface area contributed by atoms with E-state index in [0.29, 0.717) is 63.4 Å². The van der Waals surface area contributed by atoms with Crippen LogP contribution >= 0.6 is 11.8 Å². The lowest BCUT2D eigenvalue weighted by Gasteiger charge is -2.44. The van der Waals surface area contributed by atoms with Crippen molar-refractivity contribution in [2.45, 2.75) is 196 Å². The molecule has 0 aromatic carbocycles. The van der Waals surface area contributed by atoms with Crippen molar-refractivity contribution < 1.29 is 123 Å². The second-order valence-corrected chi connectivity index (χ2v) is 27.2. The zero-order valence-corrected chi connectivity index (χ0v) is 54.2. The number of fused-ring (bicyclic) bond motifs is 1. The number of carboxylic acid groups (broad SMARTS) is 6. The number of piperidine rings is 1. The van der Waals surface area contributed by atoms with Crippen LogP contribution in [0.3, 0.4) is 0 Å². The minimum absolute atomic E-state index is 0.0142.